The zero-order valence-corrected chi connectivity index (χ0v) is 57.7. The largest absolute Gasteiger partial charge is 0.496 e. The van der Waals surface area contributed by atoms with Gasteiger partial charge < -0.3 is 37.9 Å². The van der Waals surface area contributed by atoms with Gasteiger partial charge in [0.1, 0.15) is 23.0 Å². The Balaban J connectivity index is 0.000000158. The fourth-order valence-electron chi connectivity index (χ4n) is 10.7. The first-order valence-corrected chi connectivity index (χ1v) is 33.6. The number of thiazole rings is 3. The van der Waals surface area contributed by atoms with Crippen LogP contribution >= 0.6 is 34.0 Å². The fraction of sp³-hybridized carbons (Fsp3) is 0.227. The van der Waals surface area contributed by atoms with Crippen molar-refractivity contribution in [3.05, 3.63) is 232 Å². The minimum absolute atomic E-state index is 0.00832. The zero-order chi connectivity index (χ0) is 68.2. The molecular formula is C75H74N8O11S3. The number of hydrogen-bond acceptors (Lipinski definition) is 19. The van der Waals surface area contributed by atoms with Crippen molar-refractivity contribution in [3.63, 3.8) is 0 Å². The third kappa shape index (κ3) is 17.1. The van der Waals surface area contributed by atoms with Gasteiger partial charge in [0.2, 0.25) is 5.75 Å². The van der Waals surface area contributed by atoms with Crippen LogP contribution in [0.3, 0.4) is 0 Å². The van der Waals surface area contributed by atoms with Crippen LogP contribution in [0.4, 0.5) is 15.4 Å². The number of methoxy groups -OCH3 is 7. The Morgan fingerprint density at radius 3 is 1.23 bits per heavy atom. The van der Waals surface area contributed by atoms with Gasteiger partial charge in [-0.3, -0.25) is 39.1 Å². The average molecular weight is 1360 g/mol. The van der Waals surface area contributed by atoms with E-state index in [9.17, 15) is 14.4 Å². The van der Waals surface area contributed by atoms with E-state index in [1.165, 1.54) is 55.3 Å². The van der Waals surface area contributed by atoms with Gasteiger partial charge in [-0.05, 0) is 99.3 Å². The summed E-state index contributed by atoms with van der Waals surface area (Å²) in [6.45, 7) is 5.62. The normalized spacial score (nSPS) is 12.3. The van der Waals surface area contributed by atoms with E-state index >= 15 is 0 Å². The Kier molecular flexibility index (Phi) is 24.1. The molecule has 6 aromatic carbocycles. The summed E-state index contributed by atoms with van der Waals surface area (Å²) in [5.74, 6) is 3.07. The first kappa shape index (κ1) is 69.3. The van der Waals surface area contributed by atoms with Crippen LogP contribution in [0.2, 0.25) is 0 Å². The van der Waals surface area contributed by atoms with E-state index < -0.39 is 0 Å². The molecule has 19 nitrogen and oxygen atoms in total. The van der Waals surface area contributed by atoms with Gasteiger partial charge in [0, 0.05) is 85.8 Å². The molecule has 22 heteroatoms. The smallest absolute Gasteiger partial charge is 0.260 e. The summed E-state index contributed by atoms with van der Waals surface area (Å²) < 4.78 is 44.1. The molecule has 12 rings (SSSR count). The first-order chi connectivity index (χ1) is 47.3. The molecule has 1 unspecified atom stereocenters. The molecular weight excluding hydrogens is 1290 g/mol. The molecule has 1 saturated heterocycles. The summed E-state index contributed by atoms with van der Waals surface area (Å²) >= 11 is 4.30. The number of carbonyl (C=O) groups excluding carboxylic acids is 3. The van der Waals surface area contributed by atoms with E-state index in [0.29, 0.717) is 85.4 Å². The highest BCUT2D eigenvalue weighted by atomic mass is 32.1. The van der Waals surface area contributed by atoms with E-state index in [4.69, 9.17) is 52.8 Å². The van der Waals surface area contributed by atoms with Gasteiger partial charge in [-0.25, -0.2) is 15.0 Å². The quantitative estimate of drug-likeness (QED) is 0.0620. The monoisotopic (exact) mass is 1360 g/mol. The minimum atomic E-state index is -0.256. The Morgan fingerprint density at radius 1 is 0.454 bits per heavy atom. The number of pyridine rings is 2. The second-order valence-electron chi connectivity index (χ2n) is 21.9. The highest BCUT2D eigenvalue weighted by Crippen LogP contribution is 2.41. The minimum Gasteiger partial charge on any atom is -0.496 e. The SMILES string of the molecule is COc1cc(C(=O)N(CC2CCCCO2)c2nc(-c3ccccc3)cs2)cc(OC)c1C.COc1cc(C(=O)N(Cc2ccccn2)c2nc(-c3ccccc3)cs2)cc(OC)c1OC.COc1cc(C(=O)N(Cc2ccncc2)c2nc(-c3ccccc3)cs2)cc(OC)c1C. The van der Waals surface area contributed by atoms with E-state index in [-0.39, 0.29) is 30.4 Å². The maximum atomic E-state index is 13.7. The van der Waals surface area contributed by atoms with Crippen molar-refractivity contribution in [2.24, 2.45) is 0 Å². The van der Waals surface area contributed by atoms with E-state index in [1.807, 2.05) is 151 Å². The highest BCUT2D eigenvalue weighted by molar-refractivity contribution is 7.15. The maximum Gasteiger partial charge on any atom is 0.260 e. The average Bonchev–Trinajstić information content (AvgIpc) is 1.80. The number of benzene rings is 6. The molecule has 5 aromatic heterocycles. The Labute approximate surface area is 576 Å². The van der Waals surface area contributed by atoms with Gasteiger partial charge in [0.05, 0.1) is 98.3 Å². The number of ether oxygens (including phenoxy) is 8. The molecule has 0 aliphatic carbocycles. The van der Waals surface area contributed by atoms with Gasteiger partial charge in [-0.15, -0.1) is 34.0 Å². The van der Waals surface area contributed by atoms with Crippen LogP contribution in [-0.4, -0.2) is 112 Å². The molecule has 0 bridgehead atoms. The van der Waals surface area contributed by atoms with Crippen LogP contribution in [-0.2, 0) is 17.8 Å². The van der Waals surface area contributed by atoms with Crippen molar-refractivity contribution in [3.8, 4) is 74.0 Å². The molecule has 97 heavy (non-hydrogen) atoms. The summed E-state index contributed by atoms with van der Waals surface area (Å²) in [6, 6.07) is 49.4. The third-order valence-corrected chi connectivity index (χ3v) is 18.4. The Bertz CT molecular complexity index is 4310. The van der Waals surface area contributed by atoms with Crippen LogP contribution < -0.4 is 47.9 Å². The lowest BCUT2D eigenvalue weighted by Crippen LogP contribution is -2.40. The predicted octanol–water partition coefficient (Wildman–Crippen LogP) is 15.8. The molecule has 3 amide bonds. The summed E-state index contributed by atoms with van der Waals surface area (Å²) in [7, 11) is 10.9. The molecule has 0 saturated carbocycles. The number of amides is 3. The number of rotatable bonds is 22. The standard InChI is InChI=1S/C25H23N3O4S.C25H23N3O3S.C25H28N2O4S/c1-30-21-13-18(14-22(31-2)23(21)32-3)24(29)28(15-19-11-7-8-12-26-19)25-27-20(16-33-25)17-9-5-4-6-10-17;1-17-22(30-2)13-20(14-23(17)31-3)24(29)28(15-18-9-11-26-12-10-18)25-27-21(16-32-25)19-7-5-4-6-8-19;1-17-22(29-2)13-19(14-23(17)30-3)24(28)27(15-20-11-7-8-12-31-20)25-26-21(16-32-25)18-9-5-4-6-10-18/h4-14,16H,15H2,1-3H3;4-14,16H,15H2,1-3H3;4-6,9-10,13-14,16,20H,7-8,11-12,15H2,1-3H3. The third-order valence-electron chi connectivity index (χ3n) is 15.8. The summed E-state index contributed by atoms with van der Waals surface area (Å²) in [4.78, 5) is 69.0. The van der Waals surface area contributed by atoms with Crippen molar-refractivity contribution < 1.29 is 52.3 Å². The number of hydrogen-bond donors (Lipinski definition) is 0. The van der Waals surface area contributed by atoms with Gasteiger partial charge in [0.25, 0.3) is 17.7 Å². The van der Waals surface area contributed by atoms with E-state index in [1.54, 1.807) is 98.1 Å². The molecule has 11 aromatic rings. The van der Waals surface area contributed by atoms with Gasteiger partial charge in [-0.2, -0.15) is 0 Å². The second-order valence-corrected chi connectivity index (χ2v) is 24.4. The van der Waals surface area contributed by atoms with Crippen LogP contribution in [0, 0.1) is 13.8 Å². The molecule has 0 radical (unpaired) electrons. The summed E-state index contributed by atoms with van der Waals surface area (Å²) in [5, 5.41) is 7.74. The number of carbonyl (C=O) groups is 3. The topological polar surface area (TPSA) is 199 Å². The highest BCUT2D eigenvalue weighted by Gasteiger charge is 2.30. The van der Waals surface area contributed by atoms with Crippen LogP contribution in [0.1, 0.15) is 72.7 Å². The number of aromatic nitrogens is 5. The molecule has 1 aliphatic heterocycles. The van der Waals surface area contributed by atoms with Crippen LogP contribution in [0.5, 0.6) is 40.2 Å². The lowest BCUT2D eigenvalue weighted by atomic mass is 10.1. The lowest BCUT2D eigenvalue weighted by molar-refractivity contribution is 0.0207. The van der Waals surface area contributed by atoms with Crippen LogP contribution in [0.15, 0.2) is 192 Å². The van der Waals surface area contributed by atoms with Crippen LogP contribution in [0.25, 0.3) is 33.8 Å². The lowest BCUT2D eigenvalue weighted by Gasteiger charge is -2.28. The number of nitrogens with zero attached hydrogens (tertiary/aromatic N) is 8. The van der Waals surface area contributed by atoms with Crippen molar-refractivity contribution in [2.45, 2.75) is 52.3 Å². The van der Waals surface area contributed by atoms with Crippen molar-refractivity contribution in [2.75, 3.05) is 77.6 Å². The second kappa shape index (κ2) is 33.7. The summed E-state index contributed by atoms with van der Waals surface area (Å²) in [6.07, 6.45) is 8.22. The molecule has 1 atom stereocenters. The fourth-order valence-corrected chi connectivity index (χ4v) is 13.2. The Morgan fingerprint density at radius 2 is 0.845 bits per heavy atom. The van der Waals surface area contributed by atoms with E-state index in [2.05, 4.69) is 9.97 Å². The van der Waals surface area contributed by atoms with Gasteiger partial charge in [-0.1, -0.05) is 97.1 Å². The summed E-state index contributed by atoms with van der Waals surface area (Å²) in [5.41, 5.74) is 10.2. The molecule has 6 heterocycles. The predicted molar refractivity (Wildman–Crippen MR) is 382 cm³/mol. The molecule has 498 valence electrons. The maximum absolute atomic E-state index is 13.7. The molecule has 1 aliphatic rings. The molecule has 0 N–H and O–H groups in total. The molecule has 0 spiro atoms. The first-order valence-electron chi connectivity index (χ1n) is 31.0. The van der Waals surface area contributed by atoms with Gasteiger partial charge >= 0.3 is 0 Å². The Hall–Kier alpha value is -10.5. The van der Waals surface area contributed by atoms with Crippen molar-refractivity contribution in [1.82, 2.24) is 24.9 Å². The van der Waals surface area contributed by atoms with Gasteiger partial charge in [0.15, 0.2) is 26.9 Å². The molecule has 1 fully saturated rings. The van der Waals surface area contributed by atoms with Crippen molar-refractivity contribution >= 4 is 67.1 Å². The van der Waals surface area contributed by atoms with Crippen molar-refractivity contribution in [1.29, 1.82) is 0 Å². The van der Waals surface area contributed by atoms with E-state index in [0.717, 1.165) is 82.0 Å². The zero-order valence-electron chi connectivity index (χ0n) is 55.3. The number of anilines is 3.